The van der Waals surface area contributed by atoms with Gasteiger partial charge in [-0.2, -0.15) is 0 Å². The number of aliphatic hydroxyl groups excluding tert-OH is 2. The van der Waals surface area contributed by atoms with Crippen LogP contribution in [-0.2, 0) is 6.29 Å². The van der Waals surface area contributed by atoms with Gasteiger partial charge in [0.2, 0.25) is 0 Å². The maximum absolute atomic E-state index is 9.32. The molecule has 0 bridgehead atoms. The minimum absolute atomic E-state index is 0.105. The van der Waals surface area contributed by atoms with Gasteiger partial charge in [-0.05, 0) is 0 Å². The first-order valence-electron chi connectivity index (χ1n) is 7.43. The van der Waals surface area contributed by atoms with Gasteiger partial charge in [0, 0.05) is 0 Å². The Labute approximate surface area is 135 Å². The van der Waals surface area contributed by atoms with Crippen LogP contribution < -0.4 is 5.30 Å². The third-order valence-electron chi connectivity index (χ3n) is 3.99. The van der Waals surface area contributed by atoms with E-state index in [-0.39, 0.29) is 13.2 Å². The number of hydrogen-bond acceptors (Lipinski definition) is 4. The number of hydrogen-bond donors (Lipinski definition) is 2. The third-order valence-corrected chi connectivity index (χ3v) is 11.1. The monoisotopic (exact) mass is 343 g/mol. The van der Waals surface area contributed by atoms with E-state index in [1.54, 1.807) is 11.0 Å². The number of rotatable bonds is 9. The summed E-state index contributed by atoms with van der Waals surface area (Å²) < 4.78 is 1.77. The molecule has 0 unspecified atom stereocenters. The fraction of sp³-hybridized carbons (Fsp3) is 0.467. The molecule has 2 aromatic rings. The van der Waals surface area contributed by atoms with Gasteiger partial charge in [-0.3, -0.25) is 0 Å². The van der Waals surface area contributed by atoms with Crippen molar-refractivity contribution in [3.05, 3.63) is 43.0 Å². The van der Waals surface area contributed by atoms with Crippen LogP contribution in [0.4, 0.5) is 0 Å². The van der Waals surface area contributed by atoms with Crippen LogP contribution in [0.2, 0.25) is 0 Å². The Bertz CT molecular complexity index is 557. The van der Waals surface area contributed by atoms with Crippen molar-refractivity contribution in [1.82, 2.24) is 14.8 Å². The summed E-state index contributed by atoms with van der Waals surface area (Å²) in [6, 6.07) is 10.0. The molecule has 5 nitrogen and oxygen atoms in total. The molecule has 0 aliphatic heterocycles. The quantitative estimate of drug-likeness (QED) is 0.683. The molecule has 0 aliphatic rings. The van der Waals surface area contributed by atoms with Crippen molar-refractivity contribution in [2.24, 2.45) is 0 Å². The van der Waals surface area contributed by atoms with Crippen LogP contribution >= 0.6 is 17.2 Å². The van der Waals surface area contributed by atoms with Gasteiger partial charge in [0.15, 0.2) is 0 Å². The molecule has 1 aromatic heterocycles. The topological polar surface area (TPSA) is 71.2 Å². The zero-order chi connectivity index (χ0) is 15.9. The van der Waals surface area contributed by atoms with Crippen LogP contribution in [0.25, 0.3) is 0 Å². The average molecular weight is 344 g/mol. The molecular formula is C15H23ClN3O2P. The number of benzene rings is 1. The van der Waals surface area contributed by atoms with E-state index in [0.717, 1.165) is 5.30 Å². The van der Waals surface area contributed by atoms with Crippen molar-refractivity contribution in [2.45, 2.75) is 19.1 Å². The normalized spacial score (nSPS) is 13.7. The summed E-state index contributed by atoms with van der Waals surface area (Å²) in [4.78, 5) is 4.01. The van der Waals surface area contributed by atoms with Crippen LogP contribution in [0.1, 0.15) is 12.8 Å². The van der Waals surface area contributed by atoms with Gasteiger partial charge in [0.25, 0.3) is 0 Å². The van der Waals surface area contributed by atoms with E-state index in [4.69, 9.17) is 11.2 Å². The molecule has 0 aliphatic carbocycles. The van der Waals surface area contributed by atoms with Crippen molar-refractivity contribution in [1.29, 1.82) is 0 Å². The van der Waals surface area contributed by atoms with E-state index >= 15 is 0 Å². The number of nitrogens with zero attached hydrogens (tertiary/aromatic N) is 3. The van der Waals surface area contributed by atoms with Crippen LogP contribution in [-0.4, -0.2) is 50.5 Å². The van der Waals surface area contributed by atoms with E-state index in [2.05, 4.69) is 22.2 Å². The summed E-state index contributed by atoms with van der Waals surface area (Å²) in [5.41, 5.74) is 0. The first-order chi connectivity index (χ1) is 10.6. The summed E-state index contributed by atoms with van der Waals surface area (Å²) in [5, 5.41) is 24.0. The zero-order valence-electron chi connectivity index (χ0n) is 12.6. The van der Waals surface area contributed by atoms with Gasteiger partial charge in [-0.1, -0.05) is 0 Å². The summed E-state index contributed by atoms with van der Waals surface area (Å²) in [6.45, 7) is 0.210. The molecule has 0 amide bonds. The Kier molecular flexibility index (Phi) is 5.93. The predicted molar refractivity (Wildman–Crippen MR) is 92.0 cm³/mol. The molecule has 0 radical (unpaired) electrons. The second-order valence-electron chi connectivity index (χ2n) is 5.60. The van der Waals surface area contributed by atoms with E-state index in [0.29, 0.717) is 31.5 Å². The van der Waals surface area contributed by atoms with E-state index < -0.39 is 5.96 Å². The summed E-state index contributed by atoms with van der Waals surface area (Å²) in [6.07, 6.45) is 6.44. The Balaban J connectivity index is 2.46. The van der Waals surface area contributed by atoms with Crippen molar-refractivity contribution in [3.8, 4) is 0 Å². The fourth-order valence-electron chi connectivity index (χ4n) is 2.90. The molecule has 0 atom stereocenters. The molecule has 1 aromatic carbocycles. The molecule has 122 valence electrons. The summed E-state index contributed by atoms with van der Waals surface area (Å²) in [7, 11) is 0. The van der Waals surface area contributed by atoms with Crippen molar-refractivity contribution < 1.29 is 10.2 Å². The van der Waals surface area contributed by atoms with Crippen LogP contribution in [0.15, 0.2) is 43.0 Å². The van der Waals surface area contributed by atoms with Crippen molar-refractivity contribution in [3.63, 3.8) is 0 Å². The molecule has 1 heterocycles. The Morgan fingerprint density at radius 2 is 1.68 bits per heavy atom. The third kappa shape index (κ3) is 3.85. The molecule has 0 spiro atoms. The first kappa shape index (κ1) is 17.4. The molecule has 2 N–H and O–H groups in total. The van der Waals surface area contributed by atoms with Gasteiger partial charge >= 0.3 is 135 Å². The number of aromatic nitrogens is 3. The summed E-state index contributed by atoms with van der Waals surface area (Å²) >= 11 is 7.39. The van der Waals surface area contributed by atoms with Crippen LogP contribution in [0.3, 0.4) is 0 Å². The van der Waals surface area contributed by atoms with Crippen LogP contribution in [0, 0.1) is 0 Å². The minimum atomic E-state index is -2.90. The maximum atomic E-state index is 9.32. The van der Waals surface area contributed by atoms with E-state index in [1.165, 1.54) is 6.33 Å². The Hall–Kier alpha value is -1.00. The molecule has 2 rings (SSSR count). The molecule has 0 saturated heterocycles. The molecule has 7 heteroatoms. The predicted octanol–water partition coefficient (Wildman–Crippen LogP) is 2.03. The Morgan fingerprint density at radius 1 is 1.05 bits per heavy atom. The molecular weight excluding hydrogens is 321 g/mol. The van der Waals surface area contributed by atoms with E-state index in [1.807, 2.05) is 18.2 Å². The SMILES string of the molecule is OCCCP(Cl)(CCCO)(Cn1cncn1)c1ccccc1. The second-order valence-corrected chi connectivity index (χ2v) is 13.1. The summed E-state index contributed by atoms with van der Waals surface area (Å²) in [5.74, 6) is -2.90. The van der Waals surface area contributed by atoms with Gasteiger partial charge in [-0.15, -0.1) is 0 Å². The fourth-order valence-corrected chi connectivity index (χ4v) is 8.93. The van der Waals surface area contributed by atoms with Gasteiger partial charge in [0.1, 0.15) is 0 Å². The Morgan fingerprint density at radius 3 is 2.18 bits per heavy atom. The number of aliphatic hydroxyl groups is 2. The van der Waals surface area contributed by atoms with Crippen molar-refractivity contribution in [2.75, 3.05) is 25.5 Å². The van der Waals surface area contributed by atoms with Crippen LogP contribution in [0.5, 0.6) is 0 Å². The molecule has 0 fully saturated rings. The zero-order valence-corrected chi connectivity index (χ0v) is 14.2. The average Bonchev–Trinajstić information content (AvgIpc) is 3.05. The number of halogens is 1. The molecule has 0 saturated carbocycles. The first-order valence-corrected chi connectivity index (χ1v) is 11.1. The van der Waals surface area contributed by atoms with Crippen molar-refractivity contribution >= 4 is 22.5 Å². The van der Waals surface area contributed by atoms with Gasteiger partial charge < -0.3 is 0 Å². The van der Waals surface area contributed by atoms with Gasteiger partial charge in [0.05, 0.1) is 0 Å². The van der Waals surface area contributed by atoms with Gasteiger partial charge in [-0.25, -0.2) is 0 Å². The van der Waals surface area contributed by atoms with E-state index in [9.17, 15) is 10.2 Å². The standard InChI is InChI=1S/C15H23ClN3O2P/c16-22(10-4-8-20,11-5-9-21,14-19-13-17-12-18-19)15-6-2-1-3-7-15/h1-3,6-7,12-13,20-21H,4-5,8-11,14H2. The second kappa shape index (κ2) is 7.51. The molecule has 22 heavy (non-hydrogen) atoms.